The SMILES string of the molecule is CCN(CCNC(C)c1ccc(Cl)s1)C(=O)OC(C)(C)C. The van der Waals surface area contributed by atoms with Gasteiger partial charge in [0, 0.05) is 30.6 Å². The molecule has 0 spiro atoms. The van der Waals surface area contributed by atoms with Gasteiger partial charge in [-0.2, -0.15) is 0 Å². The van der Waals surface area contributed by atoms with Crippen LogP contribution < -0.4 is 5.32 Å². The maximum absolute atomic E-state index is 12.0. The Morgan fingerprint density at radius 1 is 1.48 bits per heavy atom. The zero-order valence-electron chi connectivity index (χ0n) is 13.4. The summed E-state index contributed by atoms with van der Waals surface area (Å²) >= 11 is 7.51. The van der Waals surface area contributed by atoms with Crippen LogP contribution in [0.5, 0.6) is 0 Å². The first-order valence-corrected chi connectivity index (χ1v) is 8.39. The smallest absolute Gasteiger partial charge is 0.410 e. The Balaban J connectivity index is 2.40. The first kappa shape index (κ1) is 18.3. The van der Waals surface area contributed by atoms with Crippen molar-refractivity contribution in [2.45, 2.75) is 46.3 Å². The number of ether oxygens (including phenoxy) is 1. The third kappa shape index (κ3) is 6.68. The van der Waals surface area contributed by atoms with Crippen LogP contribution in [0.15, 0.2) is 12.1 Å². The van der Waals surface area contributed by atoms with Crippen molar-refractivity contribution < 1.29 is 9.53 Å². The molecule has 6 heteroatoms. The largest absolute Gasteiger partial charge is 0.444 e. The number of halogens is 1. The predicted molar refractivity (Wildman–Crippen MR) is 89.2 cm³/mol. The lowest BCUT2D eigenvalue weighted by molar-refractivity contribution is 0.0261. The van der Waals surface area contributed by atoms with Gasteiger partial charge < -0.3 is 15.0 Å². The zero-order valence-corrected chi connectivity index (χ0v) is 15.0. The van der Waals surface area contributed by atoms with Gasteiger partial charge in [-0.05, 0) is 46.8 Å². The van der Waals surface area contributed by atoms with E-state index in [1.165, 1.54) is 4.88 Å². The summed E-state index contributed by atoms with van der Waals surface area (Å²) in [4.78, 5) is 14.9. The van der Waals surface area contributed by atoms with Gasteiger partial charge in [0.2, 0.25) is 0 Å². The van der Waals surface area contributed by atoms with Gasteiger partial charge in [-0.15, -0.1) is 11.3 Å². The Hall–Kier alpha value is -0.780. The molecule has 0 saturated heterocycles. The highest BCUT2D eigenvalue weighted by Crippen LogP contribution is 2.26. The highest BCUT2D eigenvalue weighted by molar-refractivity contribution is 7.16. The molecule has 4 nitrogen and oxygen atoms in total. The summed E-state index contributed by atoms with van der Waals surface area (Å²) in [6, 6.07) is 4.15. The van der Waals surface area contributed by atoms with Gasteiger partial charge in [0.1, 0.15) is 5.60 Å². The molecule has 0 radical (unpaired) electrons. The molecule has 1 heterocycles. The number of amides is 1. The van der Waals surface area contributed by atoms with E-state index in [1.807, 2.05) is 39.8 Å². The van der Waals surface area contributed by atoms with Crippen LogP contribution in [0.3, 0.4) is 0 Å². The molecule has 0 saturated carbocycles. The van der Waals surface area contributed by atoms with Gasteiger partial charge in [0.15, 0.2) is 0 Å². The maximum Gasteiger partial charge on any atom is 0.410 e. The number of carbonyl (C=O) groups excluding carboxylic acids is 1. The second kappa shape index (κ2) is 8.01. The molecule has 0 aliphatic rings. The minimum Gasteiger partial charge on any atom is -0.444 e. The first-order valence-electron chi connectivity index (χ1n) is 7.19. The van der Waals surface area contributed by atoms with Gasteiger partial charge >= 0.3 is 6.09 Å². The summed E-state index contributed by atoms with van der Waals surface area (Å²) < 4.78 is 6.17. The molecule has 1 amide bonds. The summed E-state index contributed by atoms with van der Waals surface area (Å²) in [5.74, 6) is 0. The van der Waals surface area contributed by atoms with Crippen LogP contribution in [-0.2, 0) is 4.74 Å². The lowest BCUT2D eigenvalue weighted by atomic mass is 10.2. The average molecular weight is 333 g/mol. The number of thiophene rings is 1. The van der Waals surface area contributed by atoms with Crippen molar-refractivity contribution in [1.82, 2.24) is 10.2 Å². The standard InChI is InChI=1S/C15H25ClN2O2S/c1-6-18(14(19)20-15(3,4)5)10-9-17-11(2)12-7-8-13(16)21-12/h7-8,11,17H,6,9-10H2,1-5H3. The molecule has 0 aliphatic carbocycles. The molecule has 0 aliphatic heterocycles. The molecule has 1 aromatic rings. The van der Waals surface area contributed by atoms with E-state index >= 15 is 0 Å². The van der Waals surface area contributed by atoms with Crippen molar-refractivity contribution in [2.24, 2.45) is 0 Å². The Labute approximate surface area is 136 Å². The van der Waals surface area contributed by atoms with Crippen LogP contribution >= 0.6 is 22.9 Å². The first-order chi connectivity index (χ1) is 9.73. The Bertz CT molecular complexity index is 457. The topological polar surface area (TPSA) is 41.6 Å². The average Bonchev–Trinajstić information content (AvgIpc) is 2.79. The van der Waals surface area contributed by atoms with Crippen molar-refractivity contribution in [3.8, 4) is 0 Å². The lowest BCUT2D eigenvalue weighted by Gasteiger charge is -2.27. The molecule has 1 aromatic heterocycles. The molecular weight excluding hydrogens is 308 g/mol. The van der Waals surface area contributed by atoms with E-state index in [1.54, 1.807) is 16.2 Å². The minimum atomic E-state index is -0.459. The summed E-state index contributed by atoms with van der Waals surface area (Å²) in [6.07, 6.45) is -0.265. The zero-order chi connectivity index (χ0) is 16.0. The van der Waals surface area contributed by atoms with E-state index in [4.69, 9.17) is 16.3 Å². The Morgan fingerprint density at radius 3 is 2.62 bits per heavy atom. The highest BCUT2D eigenvalue weighted by atomic mass is 35.5. The maximum atomic E-state index is 12.0. The second-order valence-corrected chi connectivity index (χ2v) is 7.62. The van der Waals surface area contributed by atoms with Crippen molar-refractivity contribution in [2.75, 3.05) is 19.6 Å². The van der Waals surface area contributed by atoms with E-state index in [-0.39, 0.29) is 12.1 Å². The number of nitrogens with one attached hydrogen (secondary N) is 1. The summed E-state index contributed by atoms with van der Waals surface area (Å²) in [7, 11) is 0. The van der Waals surface area contributed by atoms with Gasteiger partial charge in [-0.1, -0.05) is 11.6 Å². The quantitative estimate of drug-likeness (QED) is 0.844. The van der Waals surface area contributed by atoms with Crippen LogP contribution in [0.1, 0.15) is 45.5 Å². The molecular formula is C15H25ClN2O2S. The van der Waals surface area contributed by atoms with Crippen molar-refractivity contribution in [3.05, 3.63) is 21.3 Å². The molecule has 0 aromatic carbocycles. The molecule has 0 fully saturated rings. The van der Waals surface area contributed by atoms with Crippen molar-refractivity contribution in [3.63, 3.8) is 0 Å². The summed E-state index contributed by atoms with van der Waals surface area (Å²) in [5.41, 5.74) is -0.459. The summed E-state index contributed by atoms with van der Waals surface area (Å²) in [6.45, 7) is 11.6. The third-order valence-corrected chi connectivity index (χ3v) is 4.30. The second-order valence-electron chi connectivity index (χ2n) is 5.88. The van der Waals surface area contributed by atoms with Crippen LogP contribution in [0.25, 0.3) is 0 Å². The predicted octanol–water partition coefficient (Wildman–Crippen LogP) is 4.31. The fourth-order valence-corrected chi connectivity index (χ4v) is 2.87. The molecule has 1 unspecified atom stereocenters. The van der Waals surface area contributed by atoms with E-state index in [2.05, 4.69) is 12.2 Å². The van der Waals surface area contributed by atoms with E-state index in [0.29, 0.717) is 19.6 Å². The Morgan fingerprint density at radius 2 is 2.14 bits per heavy atom. The van der Waals surface area contributed by atoms with E-state index in [0.717, 1.165) is 4.34 Å². The highest BCUT2D eigenvalue weighted by Gasteiger charge is 2.20. The van der Waals surface area contributed by atoms with Crippen LogP contribution in [0.4, 0.5) is 4.79 Å². The number of hydrogen-bond donors (Lipinski definition) is 1. The minimum absolute atomic E-state index is 0.222. The van der Waals surface area contributed by atoms with Crippen molar-refractivity contribution >= 4 is 29.0 Å². The van der Waals surface area contributed by atoms with Gasteiger partial charge in [0.05, 0.1) is 4.34 Å². The monoisotopic (exact) mass is 332 g/mol. The number of carbonyl (C=O) groups is 1. The number of hydrogen-bond acceptors (Lipinski definition) is 4. The van der Waals surface area contributed by atoms with Crippen molar-refractivity contribution in [1.29, 1.82) is 0 Å². The molecule has 21 heavy (non-hydrogen) atoms. The molecule has 1 N–H and O–H groups in total. The number of nitrogens with zero attached hydrogens (tertiary/aromatic N) is 1. The molecule has 120 valence electrons. The molecule has 1 atom stereocenters. The number of likely N-dealkylation sites (N-methyl/N-ethyl adjacent to an activating group) is 1. The third-order valence-electron chi connectivity index (χ3n) is 2.89. The summed E-state index contributed by atoms with van der Waals surface area (Å²) in [5, 5.41) is 3.40. The van der Waals surface area contributed by atoms with Crippen LogP contribution in [-0.4, -0.2) is 36.2 Å². The fraction of sp³-hybridized carbons (Fsp3) is 0.667. The normalized spacial score (nSPS) is 13.0. The number of rotatable bonds is 6. The van der Waals surface area contributed by atoms with Crippen LogP contribution in [0.2, 0.25) is 4.34 Å². The van der Waals surface area contributed by atoms with Crippen LogP contribution in [0, 0.1) is 0 Å². The Kier molecular flexibility index (Phi) is 6.97. The molecule has 0 bridgehead atoms. The van der Waals surface area contributed by atoms with Gasteiger partial charge in [-0.25, -0.2) is 4.79 Å². The van der Waals surface area contributed by atoms with Gasteiger partial charge in [-0.3, -0.25) is 0 Å². The molecule has 1 rings (SSSR count). The van der Waals surface area contributed by atoms with Gasteiger partial charge in [0.25, 0.3) is 0 Å². The lowest BCUT2D eigenvalue weighted by Crippen LogP contribution is -2.40. The van der Waals surface area contributed by atoms with E-state index in [9.17, 15) is 4.79 Å². The fourth-order valence-electron chi connectivity index (χ4n) is 1.78. The van der Waals surface area contributed by atoms with E-state index < -0.39 is 5.60 Å².